The summed E-state index contributed by atoms with van der Waals surface area (Å²) in [7, 11) is 3.73. The minimum absolute atomic E-state index is 0.0128. The summed E-state index contributed by atoms with van der Waals surface area (Å²) in [5, 5.41) is 5.92. The number of amides is 1. The molecule has 0 saturated carbocycles. The number of carbonyl (C=O) groups is 1. The van der Waals surface area contributed by atoms with E-state index >= 15 is 0 Å². The van der Waals surface area contributed by atoms with Crippen LogP contribution in [-0.4, -0.2) is 19.0 Å². The Hall–Kier alpha value is -2.12. The summed E-state index contributed by atoms with van der Waals surface area (Å²) >= 11 is 0. The molecule has 2 aromatic rings. The van der Waals surface area contributed by atoms with Crippen LogP contribution in [0.4, 0.5) is 26.3 Å². The molecule has 178 valence electrons. The molecule has 0 fully saturated rings. The zero-order valence-electron chi connectivity index (χ0n) is 18.2. The van der Waals surface area contributed by atoms with Gasteiger partial charge < -0.3 is 10.6 Å². The topological polar surface area (TPSA) is 41.1 Å². The first-order valence-electron chi connectivity index (χ1n) is 9.69. The summed E-state index contributed by atoms with van der Waals surface area (Å²) in [6.07, 6.45) is -7.86. The van der Waals surface area contributed by atoms with Gasteiger partial charge in [-0.15, -0.1) is 9.24 Å². The molecule has 2 rings (SSSR count). The molecular weight excluding hydrogens is 453 g/mol. The fourth-order valence-electron chi connectivity index (χ4n) is 3.08. The van der Waals surface area contributed by atoms with E-state index in [0.29, 0.717) is 6.07 Å². The molecule has 0 aliphatic carbocycles. The molecule has 0 aliphatic rings. The van der Waals surface area contributed by atoms with Crippen molar-refractivity contribution in [3.8, 4) is 0 Å². The first-order chi connectivity index (χ1) is 14.7. The molecule has 10 heteroatoms. The third kappa shape index (κ3) is 7.20. The summed E-state index contributed by atoms with van der Waals surface area (Å²) in [5.41, 5.74) is -1.64. The van der Waals surface area contributed by atoms with Crippen molar-refractivity contribution in [2.75, 3.05) is 7.05 Å². The van der Waals surface area contributed by atoms with Crippen LogP contribution in [0.5, 0.6) is 0 Å². The average molecular weight is 480 g/mol. The van der Waals surface area contributed by atoms with Crippen LogP contribution in [0.1, 0.15) is 48.6 Å². The molecule has 2 N–H and O–H groups in total. The highest BCUT2D eigenvalue weighted by molar-refractivity contribution is 7.27. The van der Waals surface area contributed by atoms with E-state index in [9.17, 15) is 31.1 Å². The van der Waals surface area contributed by atoms with E-state index in [1.165, 1.54) is 6.92 Å². The summed E-state index contributed by atoms with van der Waals surface area (Å²) in [6.45, 7) is 5.42. The van der Waals surface area contributed by atoms with Gasteiger partial charge in [-0.3, -0.25) is 4.79 Å². The molecule has 0 bridgehead atoms. The lowest BCUT2D eigenvalue weighted by atomic mass is 9.85. The van der Waals surface area contributed by atoms with Gasteiger partial charge >= 0.3 is 12.4 Å². The second-order valence-corrected chi connectivity index (χ2v) is 7.98. The molecule has 0 heterocycles. The molecular formula is C22H27F6N2OP. The monoisotopic (exact) mass is 480 g/mol. The lowest BCUT2D eigenvalue weighted by Crippen LogP contribution is -2.50. The number of likely N-dealkylation sites (N-methyl/N-ethyl adjacent to an activating group) is 1. The summed E-state index contributed by atoms with van der Waals surface area (Å²) in [5.74, 6) is 0. The van der Waals surface area contributed by atoms with Crippen molar-refractivity contribution < 1.29 is 31.1 Å². The summed E-state index contributed by atoms with van der Waals surface area (Å²) in [6, 6.07) is 10.8. The first kappa shape index (κ1) is 27.9. The Morgan fingerprint density at radius 1 is 1.03 bits per heavy atom. The van der Waals surface area contributed by atoms with Gasteiger partial charge in [0.25, 0.3) is 0 Å². The van der Waals surface area contributed by atoms with Crippen LogP contribution in [0.3, 0.4) is 0 Å². The van der Waals surface area contributed by atoms with Crippen LogP contribution < -0.4 is 15.9 Å². The van der Waals surface area contributed by atoms with Crippen molar-refractivity contribution in [3.63, 3.8) is 0 Å². The maximum atomic E-state index is 12.4. The van der Waals surface area contributed by atoms with Crippen molar-refractivity contribution in [1.82, 2.24) is 10.6 Å². The Labute approximate surface area is 186 Å². The minimum atomic E-state index is -4.79. The molecule has 3 atom stereocenters. The normalized spacial score (nSPS) is 14.6. The molecule has 2 aromatic carbocycles. The van der Waals surface area contributed by atoms with E-state index in [0.717, 1.165) is 18.4 Å². The van der Waals surface area contributed by atoms with E-state index in [-0.39, 0.29) is 28.5 Å². The van der Waals surface area contributed by atoms with Crippen LogP contribution in [-0.2, 0) is 17.1 Å². The number of nitrogens with one attached hydrogen (secondary N) is 2. The smallest absolute Gasteiger partial charge is 0.350 e. The fraction of sp³-hybridized carbons (Fsp3) is 0.409. The van der Waals surface area contributed by atoms with Crippen molar-refractivity contribution in [2.45, 2.75) is 51.1 Å². The number of rotatable bonds is 6. The van der Waals surface area contributed by atoms with Crippen LogP contribution in [0.2, 0.25) is 0 Å². The van der Waals surface area contributed by atoms with Gasteiger partial charge in [-0.25, -0.2) is 0 Å². The van der Waals surface area contributed by atoms with E-state index < -0.39 is 23.5 Å². The molecule has 3 unspecified atom stereocenters. The number of benzene rings is 2. The predicted molar refractivity (Wildman–Crippen MR) is 117 cm³/mol. The molecule has 0 saturated heterocycles. The van der Waals surface area contributed by atoms with Crippen molar-refractivity contribution in [1.29, 1.82) is 0 Å². The molecule has 0 aromatic heterocycles. The molecule has 0 aliphatic heterocycles. The maximum absolute atomic E-state index is 12.4. The van der Waals surface area contributed by atoms with Gasteiger partial charge in [-0.05, 0) is 55.9 Å². The van der Waals surface area contributed by atoms with E-state index in [4.69, 9.17) is 0 Å². The first-order valence-corrected chi connectivity index (χ1v) is 10.3. The van der Waals surface area contributed by atoms with Crippen LogP contribution >= 0.6 is 9.24 Å². The van der Waals surface area contributed by atoms with Gasteiger partial charge in [0.1, 0.15) is 0 Å². The van der Waals surface area contributed by atoms with Crippen molar-refractivity contribution in [2.24, 2.45) is 0 Å². The largest absolute Gasteiger partial charge is 0.417 e. The SMILES string of the molecule is CCC(C)(NC)C(NC=O)c1ccccc1.Cc1cc(C(F)(F)F)cc(C(F)(F)F)c1P. The summed E-state index contributed by atoms with van der Waals surface area (Å²) < 4.78 is 74.1. The fourth-order valence-corrected chi connectivity index (χ4v) is 3.41. The molecule has 0 radical (unpaired) electrons. The zero-order chi connectivity index (χ0) is 24.7. The Balaban J connectivity index is 0.000000320. The van der Waals surface area contributed by atoms with Gasteiger partial charge in [0.05, 0.1) is 17.2 Å². The van der Waals surface area contributed by atoms with E-state index in [2.05, 4.69) is 24.5 Å². The highest BCUT2D eigenvalue weighted by Crippen LogP contribution is 2.36. The van der Waals surface area contributed by atoms with Gasteiger partial charge in [0.2, 0.25) is 6.41 Å². The predicted octanol–water partition coefficient (Wildman–Crippen LogP) is 5.39. The summed E-state index contributed by atoms with van der Waals surface area (Å²) in [4.78, 5) is 10.7. The number of aryl methyl sites for hydroxylation is 1. The molecule has 3 nitrogen and oxygen atoms in total. The van der Waals surface area contributed by atoms with Crippen LogP contribution in [0.15, 0.2) is 42.5 Å². The maximum Gasteiger partial charge on any atom is 0.417 e. The Kier molecular flexibility index (Phi) is 9.72. The van der Waals surface area contributed by atoms with E-state index in [1.807, 2.05) is 46.6 Å². The molecule has 1 amide bonds. The van der Waals surface area contributed by atoms with Crippen molar-refractivity contribution in [3.05, 3.63) is 64.7 Å². The van der Waals surface area contributed by atoms with Gasteiger partial charge in [-0.2, -0.15) is 26.3 Å². The second kappa shape index (κ2) is 11.1. The van der Waals surface area contributed by atoms with Gasteiger partial charge in [0, 0.05) is 5.54 Å². The Morgan fingerprint density at radius 2 is 1.59 bits per heavy atom. The van der Waals surface area contributed by atoms with Crippen LogP contribution in [0, 0.1) is 6.92 Å². The highest BCUT2D eigenvalue weighted by atomic mass is 31.0. The minimum Gasteiger partial charge on any atom is -0.350 e. The second-order valence-electron chi connectivity index (χ2n) is 7.40. The van der Waals surface area contributed by atoms with Gasteiger partial charge in [0.15, 0.2) is 0 Å². The number of halogens is 6. The Bertz CT molecular complexity index is 880. The third-order valence-electron chi connectivity index (χ3n) is 5.33. The quantitative estimate of drug-likeness (QED) is 0.331. The molecule has 32 heavy (non-hydrogen) atoms. The molecule has 0 spiro atoms. The lowest BCUT2D eigenvalue weighted by Gasteiger charge is -2.36. The van der Waals surface area contributed by atoms with Crippen molar-refractivity contribution >= 4 is 21.0 Å². The highest BCUT2D eigenvalue weighted by Gasteiger charge is 2.38. The van der Waals surface area contributed by atoms with E-state index in [1.54, 1.807) is 0 Å². The van der Waals surface area contributed by atoms with Crippen LogP contribution in [0.25, 0.3) is 0 Å². The average Bonchev–Trinajstić information content (AvgIpc) is 2.72. The number of carbonyl (C=O) groups excluding carboxylic acids is 1. The number of hydrogen-bond acceptors (Lipinski definition) is 2. The number of hydrogen-bond donors (Lipinski definition) is 2. The van der Waals surface area contributed by atoms with Gasteiger partial charge in [-0.1, -0.05) is 37.3 Å². The Morgan fingerprint density at radius 3 is 2.00 bits per heavy atom. The zero-order valence-corrected chi connectivity index (χ0v) is 19.3. The lowest BCUT2D eigenvalue weighted by molar-refractivity contribution is -0.142. The third-order valence-corrected chi connectivity index (χ3v) is 6.10. The standard InChI is InChI=1S/C13H20N2O.C9H7F6P/c1-4-13(2,14-3)12(15-10-16)11-8-6-5-7-9-11;1-4-2-5(8(10,11)12)3-6(7(4)16)9(13,14)15/h5-10,12,14H,4H2,1-3H3,(H,15,16);2-3H,16H2,1H3. The number of alkyl halides is 6.